The lowest BCUT2D eigenvalue weighted by Gasteiger charge is -2.12. The molecule has 1 N–H and O–H groups in total. The average molecular weight is 237 g/mol. The van der Waals surface area contributed by atoms with Crippen LogP contribution in [-0.2, 0) is 16.0 Å². The highest BCUT2D eigenvalue weighted by atomic mass is 16.5. The van der Waals surface area contributed by atoms with Gasteiger partial charge >= 0.3 is 0 Å². The number of ether oxygens (including phenoxy) is 2. The molecular formula is C12H15NO4. The monoisotopic (exact) mass is 237 g/mol. The smallest absolute Gasteiger partial charge is 0.284 e. The van der Waals surface area contributed by atoms with E-state index in [1.807, 2.05) is 12.1 Å². The van der Waals surface area contributed by atoms with Crippen LogP contribution in [-0.4, -0.2) is 33.0 Å². The number of rotatable bonds is 6. The number of para-hydroxylation sites is 1. The van der Waals surface area contributed by atoms with Crippen molar-refractivity contribution < 1.29 is 19.1 Å². The van der Waals surface area contributed by atoms with Gasteiger partial charge in [-0.15, -0.1) is 0 Å². The molecular weight excluding hydrogens is 222 g/mol. The van der Waals surface area contributed by atoms with E-state index in [1.165, 1.54) is 0 Å². The van der Waals surface area contributed by atoms with Gasteiger partial charge in [0.1, 0.15) is 0 Å². The SMILES string of the molecule is COc1cccc(CCNC(=O)C=O)c1OC. The maximum atomic E-state index is 10.7. The van der Waals surface area contributed by atoms with Crippen molar-refractivity contribution in [2.75, 3.05) is 20.8 Å². The van der Waals surface area contributed by atoms with Crippen molar-refractivity contribution in [2.24, 2.45) is 0 Å². The van der Waals surface area contributed by atoms with Gasteiger partial charge in [-0.3, -0.25) is 9.59 Å². The molecule has 0 atom stereocenters. The fourth-order valence-electron chi connectivity index (χ4n) is 1.51. The molecule has 0 aromatic heterocycles. The number of benzene rings is 1. The third-order valence-electron chi connectivity index (χ3n) is 2.29. The quantitative estimate of drug-likeness (QED) is 0.580. The second kappa shape index (κ2) is 6.52. The summed E-state index contributed by atoms with van der Waals surface area (Å²) < 4.78 is 10.4. The van der Waals surface area contributed by atoms with Crippen LogP contribution in [0.25, 0.3) is 0 Å². The van der Waals surface area contributed by atoms with Crippen LogP contribution in [0, 0.1) is 0 Å². The number of amides is 1. The predicted molar refractivity (Wildman–Crippen MR) is 62.3 cm³/mol. The average Bonchev–Trinajstić information content (AvgIpc) is 2.37. The number of hydrogen-bond acceptors (Lipinski definition) is 4. The first-order valence-corrected chi connectivity index (χ1v) is 5.15. The van der Waals surface area contributed by atoms with Gasteiger partial charge in [0.05, 0.1) is 14.2 Å². The highest BCUT2D eigenvalue weighted by Crippen LogP contribution is 2.30. The van der Waals surface area contributed by atoms with E-state index in [9.17, 15) is 9.59 Å². The van der Waals surface area contributed by atoms with E-state index in [0.29, 0.717) is 24.5 Å². The van der Waals surface area contributed by atoms with Gasteiger partial charge < -0.3 is 14.8 Å². The number of aldehydes is 1. The Morgan fingerprint density at radius 1 is 1.35 bits per heavy atom. The van der Waals surface area contributed by atoms with Crippen LogP contribution in [0.2, 0.25) is 0 Å². The van der Waals surface area contributed by atoms with Gasteiger partial charge in [0.25, 0.3) is 5.91 Å². The van der Waals surface area contributed by atoms with Gasteiger partial charge in [0, 0.05) is 6.54 Å². The minimum Gasteiger partial charge on any atom is -0.493 e. The summed E-state index contributed by atoms with van der Waals surface area (Å²) in [6.45, 7) is 0.376. The minimum absolute atomic E-state index is 0.253. The van der Waals surface area contributed by atoms with Crippen molar-refractivity contribution in [3.05, 3.63) is 23.8 Å². The molecule has 92 valence electrons. The molecule has 0 aliphatic rings. The zero-order valence-electron chi connectivity index (χ0n) is 9.86. The van der Waals surface area contributed by atoms with E-state index >= 15 is 0 Å². The minimum atomic E-state index is -0.619. The molecule has 5 heteroatoms. The lowest BCUT2D eigenvalue weighted by atomic mass is 10.1. The second-order valence-electron chi connectivity index (χ2n) is 3.31. The van der Waals surface area contributed by atoms with Crippen molar-refractivity contribution in [3.8, 4) is 11.5 Å². The number of methoxy groups -OCH3 is 2. The first-order chi connectivity index (χ1) is 8.22. The predicted octanol–water partition coefficient (Wildman–Crippen LogP) is 0.561. The van der Waals surface area contributed by atoms with Gasteiger partial charge in [-0.25, -0.2) is 0 Å². The van der Waals surface area contributed by atoms with E-state index < -0.39 is 5.91 Å². The van der Waals surface area contributed by atoms with Crippen molar-refractivity contribution in [1.82, 2.24) is 5.32 Å². The maximum absolute atomic E-state index is 10.7. The normalized spacial score (nSPS) is 9.53. The third kappa shape index (κ3) is 3.48. The zero-order chi connectivity index (χ0) is 12.7. The van der Waals surface area contributed by atoms with Crippen molar-refractivity contribution in [1.29, 1.82) is 0 Å². The molecule has 5 nitrogen and oxygen atoms in total. The Bertz CT molecular complexity index is 403. The Morgan fingerprint density at radius 3 is 2.71 bits per heavy atom. The molecule has 0 unspecified atom stereocenters. The second-order valence-corrected chi connectivity index (χ2v) is 3.31. The molecule has 0 radical (unpaired) electrons. The Kier molecular flexibility index (Phi) is 5.00. The Morgan fingerprint density at radius 2 is 2.12 bits per heavy atom. The van der Waals surface area contributed by atoms with E-state index in [0.717, 1.165) is 5.56 Å². The molecule has 1 aromatic carbocycles. The van der Waals surface area contributed by atoms with E-state index in [1.54, 1.807) is 20.3 Å². The molecule has 17 heavy (non-hydrogen) atoms. The summed E-state index contributed by atoms with van der Waals surface area (Å²) in [4.78, 5) is 20.9. The molecule has 0 heterocycles. The van der Waals surface area contributed by atoms with Crippen LogP contribution in [0.15, 0.2) is 18.2 Å². The number of carbonyl (C=O) groups is 2. The van der Waals surface area contributed by atoms with E-state index in [2.05, 4.69) is 5.32 Å². The summed E-state index contributed by atoms with van der Waals surface area (Å²) in [7, 11) is 3.13. The zero-order valence-corrected chi connectivity index (χ0v) is 9.86. The summed E-state index contributed by atoms with van der Waals surface area (Å²) in [6, 6.07) is 5.53. The summed E-state index contributed by atoms with van der Waals surface area (Å²) in [5, 5.41) is 2.47. The van der Waals surface area contributed by atoms with Crippen LogP contribution in [0.3, 0.4) is 0 Å². The fraction of sp³-hybridized carbons (Fsp3) is 0.333. The standard InChI is InChI=1S/C12H15NO4/c1-16-10-5-3-4-9(12(10)17-2)6-7-13-11(15)8-14/h3-5,8H,6-7H2,1-2H3,(H,13,15). The van der Waals surface area contributed by atoms with Crippen LogP contribution in [0.1, 0.15) is 5.56 Å². The first-order valence-electron chi connectivity index (χ1n) is 5.15. The molecule has 0 bridgehead atoms. The molecule has 1 rings (SSSR count). The Labute approximate surface area is 99.7 Å². The maximum Gasteiger partial charge on any atom is 0.284 e. The van der Waals surface area contributed by atoms with Gasteiger partial charge in [0.2, 0.25) is 6.29 Å². The summed E-state index contributed by atoms with van der Waals surface area (Å²) in [5.41, 5.74) is 0.915. The van der Waals surface area contributed by atoms with Gasteiger partial charge in [-0.05, 0) is 18.1 Å². The highest BCUT2D eigenvalue weighted by Gasteiger charge is 2.09. The van der Waals surface area contributed by atoms with Crippen LogP contribution < -0.4 is 14.8 Å². The lowest BCUT2D eigenvalue weighted by Crippen LogP contribution is -2.26. The number of nitrogens with one attached hydrogen (secondary N) is 1. The van der Waals surface area contributed by atoms with Gasteiger partial charge in [-0.1, -0.05) is 12.1 Å². The summed E-state index contributed by atoms with van der Waals surface area (Å²) >= 11 is 0. The van der Waals surface area contributed by atoms with Crippen molar-refractivity contribution in [2.45, 2.75) is 6.42 Å². The molecule has 0 fully saturated rings. The summed E-state index contributed by atoms with van der Waals surface area (Å²) in [6.07, 6.45) is 0.822. The molecule has 1 aromatic rings. The number of carbonyl (C=O) groups excluding carboxylic acids is 2. The fourth-order valence-corrected chi connectivity index (χ4v) is 1.51. The van der Waals surface area contributed by atoms with Gasteiger partial charge in [0.15, 0.2) is 11.5 Å². The largest absolute Gasteiger partial charge is 0.493 e. The van der Waals surface area contributed by atoms with Crippen molar-refractivity contribution >= 4 is 12.2 Å². The Balaban J connectivity index is 2.70. The van der Waals surface area contributed by atoms with E-state index in [-0.39, 0.29) is 6.29 Å². The summed E-state index contributed by atoms with van der Waals surface area (Å²) in [5.74, 6) is 0.675. The highest BCUT2D eigenvalue weighted by molar-refractivity contribution is 6.23. The van der Waals surface area contributed by atoms with Crippen LogP contribution >= 0.6 is 0 Å². The van der Waals surface area contributed by atoms with Gasteiger partial charge in [-0.2, -0.15) is 0 Å². The molecule has 0 aliphatic heterocycles. The molecule has 1 amide bonds. The molecule has 0 saturated carbocycles. The number of hydrogen-bond donors (Lipinski definition) is 1. The first kappa shape index (κ1) is 13.0. The van der Waals surface area contributed by atoms with E-state index in [4.69, 9.17) is 9.47 Å². The lowest BCUT2D eigenvalue weighted by molar-refractivity contribution is -0.131. The molecule has 0 aliphatic carbocycles. The van der Waals surface area contributed by atoms with Crippen LogP contribution in [0.5, 0.6) is 11.5 Å². The molecule has 0 spiro atoms. The Hall–Kier alpha value is -2.04. The van der Waals surface area contributed by atoms with Crippen molar-refractivity contribution in [3.63, 3.8) is 0 Å². The topological polar surface area (TPSA) is 64.6 Å². The van der Waals surface area contributed by atoms with Crippen LogP contribution in [0.4, 0.5) is 0 Å². The third-order valence-corrected chi connectivity index (χ3v) is 2.29. The molecule has 0 saturated heterocycles.